The molecule has 1 aliphatic rings. The number of halogens is 1. The van der Waals surface area contributed by atoms with Crippen LogP contribution in [-0.2, 0) is 6.54 Å². The van der Waals surface area contributed by atoms with Crippen molar-refractivity contribution in [2.24, 2.45) is 0 Å². The van der Waals surface area contributed by atoms with E-state index in [9.17, 15) is 4.79 Å². The van der Waals surface area contributed by atoms with Gasteiger partial charge in [-0.1, -0.05) is 18.2 Å². The van der Waals surface area contributed by atoms with E-state index in [0.717, 1.165) is 48.6 Å². The SMILES string of the molecule is O=C(Nc1ccccc1)N1CCN(Cc2ncccc2Br)CC1. The number of urea groups is 1. The largest absolute Gasteiger partial charge is 0.322 e. The molecule has 0 aliphatic carbocycles. The maximum atomic E-state index is 12.3. The highest BCUT2D eigenvalue weighted by atomic mass is 79.9. The molecule has 2 aromatic rings. The lowest BCUT2D eigenvalue weighted by atomic mass is 10.2. The number of amides is 2. The smallest absolute Gasteiger partial charge is 0.321 e. The zero-order valence-electron chi connectivity index (χ0n) is 12.8. The van der Waals surface area contributed by atoms with E-state index in [1.165, 1.54) is 0 Å². The van der Waals surface area contributed by atoms with Crippen LogP contribution >= 0.6 is 15.9 Å². The van der Waals surface area contributed by atoms with Crippen molar-refractivity contribution in [1.29, 1.82) is 0 Å². The van der Waals surface area contributed by atoms with Gasteiger partial charge in [-0.2, -0.15) is 0 Å². The van der Waals surface area contributed by atoms with E-state index < -0.39 is 0 Å². The Morgan fingerprint density at radius 1 is 1.09 bits per heavy atom. The van der Waals surface area contributed by atoms with Crippen LogP contribution in [0.25, 0.3) is 0 Å². The number of nitrogens with one attached hydrogen (secondary N) is 1. The molecular formula is C17H19BrN4O. The van der Waals surface area contributed by atoms with Crippen molar-refractivity contribution in [3.05, 3.63) is 58.8 Å². The van der Waals surface area contributed by atoms with Crippen LogP contribution in [0.1, 0.15) is 5.69 Å². The molecule has 1 aliphatic heterocycles. The van der Waals surface area contributed by atoms with E-state index in [1.807, 2.05) is 53.6 Å². The standard InChI is InChI=1S/C17H19BrN4O/c18-15-7-4-8-19-16(15)13-21-9-11-22(12-10-21)17(23)20-14-5-2-1-3-6-14/h1-8H,9-13H2,(H,20,23). The number of rotatable bonds is 3. The molecule has 2 heterocycles. The van der Waals surface area contributed by atoms with Crippen molar-refractivity contribution in [3.63, 3.8) is 0 Å². The van der Waals surface area contributed by atoms with Crippen LogP contribution in [0.3, 0.4) is 0 Å². The summed E-state index contributed by atoms with van der Waals surface area (Å²) in [6.45, 7) is 3.96. The van der Waals surface area contributed by atoms with E-state index in [2.05, 4.69) is 31.1 Å². The molecule has 120 valence electrons. The first-order valence-corrected chi connectivity index (χ1v) is 8.44. The maximum absolute atomic E-state index is 12.3. The van der Waals surface area contributed by atoms with Gasteiger partial charge in [0.2, 0.25) is 0 Å². The van der Waals surface area contributed by atoms with Crippen LogP contribution in [0.4, 0.5) is 10.5 Å². The van der Waals surface area contributed by atoms with E-state index in [0.29, 0.717) is 0 Å². The average Bonchev–Trinajstić information content (AvgIpc) is 2.58. The highest BCUT2D eigenvalue weighted by molar-refractivity contribution is 9.10. The topological polar surface area (TPSA) is 48.5 Å². The number of carbonyl (C=O) groups is 1. The third kappa shape index (κ3) is 4.30. The summed E-state index contributed by atoms with van der Waals surface area (Å²) in [5.41, 5.74) is 1.87. The molecule has 5 nitrogen and oxygen atoms in total. The molecule has 0 atom stereocenters. The van der Waals surface area contributed by atoms with E-state index in [-0.39, 0.29) is 6.03 Å². The lowest BCUT2D eigenvalue weighted by molar-refractivity contribution is 0.142. The predicted octanol–water partition coefficient (Wildman–Crippen LogP) is 3.19. The predicted molar refractivity (Wildman–Crippen MR) is 94.2 cm³/mol. The van der Waals surface area contributed by atoms with Gasteiger partial charge in [0.05, 0.1) is 5.69 Å². The van der Waals surface area contributed by atoms with Crippen LogP contribution in [-0.4, -0.2) is 47.0 Å². The first kappa shape index (κ1) is 16.0. The number of nitrogens with zero attached hydrogens (tertiary/aromatic N) is 3. The van der Waals surface area contributed by atoms with Gasteiger partial charge < -0.3 is 10.2 Å². The summed E-state index contributed by atoms with van der Waals surface area (Å²) < 4.78 is 1.03. The molecule has 0 spiro atoms. The van der Waals surface area contributed by atoms with Gasteiger partial charge in [0, 0.05) is 49.1 Å². The number of piperazine rings is 1. The minimum absolute atomic E-state index is 0.0325. The molecular weight excluding hydrogens is 356 g/mol. The fraction of sp³-hybridized carbons (Fsp3) is 0.294. The molecule has 0 unspecified atom stereocenters. The van der Waals surface area contributed by atoms with Gasteiger partial charge in [-0.15, -0.1) is 0 Å². The van der Waals surface area contributed by atoms with Crippen LogP contribution in [0.15, 0.2) is 53.1 Å². The number of pyridine rings is 1. The van der Waals surface area contributed by atoms with Crippen LogP contribution in [0.2, 0.25) is 0 Å². The summed E-state index contributed by atoms with van der Waals surface area (Å²) in [6, 6.07) is 13.4. The summed E-state index contributed by atoms with van der Waals surface area (Å²) >= 11 is 3.53. The van der Waals surface area contributed by atoms with Crippen molar-refractivity contribution < 1.29 is 4.79 Å². The molecule has 1 fully saturated rings. The van der Waals surface area contributed by atoms with E-state index in [1.54, 1.807) is 0 Å². The van der Waals surface area contributed by atoms with Gasteiger partial charge in [0.1, 0.15) is 0 Å². The normalized spacial score (nSPS) is 15.4. The molecule has 1 N–H and O–H groups in total. The number of anilines is 1. The van der Waals surface area contributed by atoms with Crippen LogP contribution in [0, 0.1) is 0 Å². The second-order valence-corrected chi connectivity index (χ2v) is 6.35. The number of hydrogen-bond donors (Lipinski definition) is 1. The van der Waals surface area contributed by atoms with Gasteiger partial charge in [0.15, 0.2) is 0 Å². The number of carbonyl (C=O) groups excluding carboxylic acids is 1. The van der Waals surface area contributed by atoms with Gasteiger partial charge in [-0.05, 0) is 40.2 Å². The molecule has 6 heteroatoms. The van der Waals surface area contributed by atoms with Crippen LogP contribution < -0.4 is 5.32 Å². The molecule has 3 rings (SSSR count). The summed E-state index contributed by atoms with van der Waals surface area (Å²) in [6.07, 6.45) is 1.81. The monoisotopic (exact) mass is 374 g/mol. The second-order valence-electron chi connectivity index (χ2n) is 5.49. The Bertz CT molecular complexity index is 657. The van der Waals surface area contributed by atoms with Crippen molar-refractivity contribution in [2.75, 3.05) is 31.5 Å². The Hall–Kier alpha value is -1.92. The second kappa shape index (κ2) is 7.57. The van der Waals surface area contributed by atoms with Gasteiger partial charge in [-0.3, -0.25) is 9.88 Å². The summed E-state index contributed by atoms with van der Waals surface area (Å²) in [4.78, 5) is 20.8. The maximum Gasteiger partial charge on any atom is 0.321 e. The first-order chi connectivity index (χ1) is 11.2. The molecule has 1 aromatic carbocycles. The lowest BCUT2D eigenvalue weighted by Gasteiger charge is -2.34. The van der Waals surface area contributed by atoms with Gasteiger partial charge >= 0.3 is 6.03 Å². The Kier molecular flexibility index (Phi) is 5.25. The van der Waals surface area contributed by atoms with E-state index >= 15 is 0 Å². The summed E-state index contributed by atoms with van der Waals surface area (Å²) in [5, 5.41) is 2.93. The minimum Gasteiger partial charge on any atom is -0.322 e. The highest BCUT2D eigenvalue weighted by Crippen LogP contribution is 2.16. The van der Waals surface area contributed by atoms with E-state index in [4.69, 9.17) is 0 Å². The number of hydrogen-bond acceptors (Lipinski definition) is 3. The average molecular weight is 375 g/mol. The Balaban J connectivity index is 1.50. The lowest BCUT2D eigenvalue weighted by Crippen LogP contribution is -2.49. The van der Waals surface area contributed by atoms with Crippen LogP contribution in [0.5, 0.6) is 0 Å². The zero-order chi connectivity index (χ0) is 16.1. The molecule has 23 heavy (non-hydrogen) atoms. The zero-order valence-corrected chi connectivity index (χ0v) is 14.4. The highest BCUT2D eigenvalue weighted by Gasteiger charge is 2.21. The molecule has 2 amide bonds. The third-order valence-electron chi connectivity index (χ3n) is 3.89. The fourth-order valence-electron chi connectivity index (χ4n) is 2.58. The summed E-state index contributed by atoms with van der Waals surface area (Å²) in [5.74, 6) is 0. The number of para-hydroxylation sites is 1. The Morgan fingerprint density at radius 2 is 1.83 bits per heavy atom. The molecule has 0 radical (unpaired) electrons. The Labute approximate surface area is 144 Å². The number of aromatic nitrogens is 1. The van der Waals surface area contributed by atoms with Gasteiger partial charge in [0.25, 0.3) is 0 Å². The molecule has 0 saturated carbocycles. The van der Waals surface area contributed by atoms with Crippen molar-refractivity contribution in [2.45, 2.75) is 6.54 Å². The number of benzene rings is 1. The molecule has 1 saturated heterocycles. The molecule has 0 bridgehead atoms. The quantitative estimate of drug-likeness (QED) is 0.897. The van der Waals surface area contributed by atoms with Crippen molar-refractivity contribution in [3.8, 4) is 0 Å². The van der Waals surface area contributed by atoms with Gasteiger partial charge in [-0.25, -0.2) is 4.79 Å². The minimum atomic E-state index is -0.0325. The summed E-state index contributed by atoms with van der Waals surface area (Å²) in [7, 11) is 0. The first-order valence-electron chi connectivity index (χ1n) is 7.65. The fourth-order valence-corrected chi connectivity index (χ4v) is 2.96. The van der Waals surface area contributed by atoms with Crippen molar-refractivity contribution >= 4 is 27.6 Å². The third-order valence-corrected chi connectivity index (χ3v) is 4.61. The Morgan fingerprint density at radius 3 is 2.52 bits per heavy atom. The van der Waals surface area contributed by atoms with Crippen molar-refractivity contribution in [1.82, 2.24) is 14.8 Å². The molecule has 1 aromatic heterocycles.